The molecule has 1 unspecified atom stereocenters. The molecule has 2 heterocycles. The lowest BCUT2D eigenvalue weighted by Crippen LogP contribution is -2.60. The van der Waals surface area contributed by atoms with E-state index in [-0.39, 0.29) is 65.0 Å². The van der Waals surface area contributed by atoms with E-state index in [2.05, 4.69) is 20.1 Å². The molecule has 0 spiro atoms. The number of urea groups is 2. The summed E-state index contributed by atoms with van der Waals surface area (Å²) in [5.41, 5.74) is 15.1. The van der Waals surface area contributed by atoms with Crippen molar-refractivity contribution >= 4 is 72.2 Å². The fourth-order valence-electron chi connectivity index (χ4n) is 7.17. The van der Waals surface area contributed by atoms with Gasteiger partial charge in [0.2, 0.25) is 42.4 Å². The maximum absolute atomic E-state index is 13.1. The molecule has 8 amide bonds. The van der Waals surface area contributed by atoms with Crippen molar-refractivity contribution in [1.29, 1.82) is 0 Å². The summed E-state index contributed by atoms with van der Waals surface area (Å²) in [5, 5.41) is 22.5. The minimum atomic E-state index is -4.14. The van der Waals surface area contributed by atoms with E-state index in [1.54, 1.807) is 74.5 Å². The number of nitrogens with one attached hydrogen (secondary N) is 5. The molecule has 2 saturated heterocycles. The Morgan fingerprint density at radius 1 is 0.782 bits per heavy atom. The Bertz CT molecular complexity index is 2810. The molecule has 434 valence electrons. The number of sulfonamides is 3. The van der Waals surface area contributed by atoms with Crippen molar-refractivity contribution in [2.45, 2.75) is 112 Å². The van der Waals surface area contributed by atoms with Gasteiger partial charge < -0.3 is 27.2 Å². The van der Waals surface area contributed by atoms with Crippen LogP contribution in [-0.2, 0) is 54.0 Å². The third-order valence-electron chi connectivity index (χ3n) is 12.0. The Hall–Kier alpha value is -6.44. The van der Waals surface area contributed by atoms with Crippen molar-refractivity contribution in [2.75, 3.05) is 53.9 Å². The molecular weight excluding hydrogens is 1080 g/mol. The lowest BCUT2D eigenvalue weighted by Gasteiger charge is -2.35. The lowest BCUT2D eigenvalue weighted by molar-refractivity contribution is -0.141. The molecule has 0 radical (unpaired) electrons. The number of aliphatic carboxylic acids is 1. The zero-order chi connectivity index (χ0) is 59.0. The van der Waals surface area contributed by atoms with Gasteiger partial charge in [0.15, 0.2) is 6.17 Å². The van der Waals surface area contributed by atoms with E-state index in [4.69, 9.17) is 21.8 Å². The van der Waals surface area contributed by atoms with E-state index in [1.165, 1.54) is 38.8 Å². The first kappa shape index (κ1) is 67.7. The molecule has 0 aliphatic carbocycles. The fraction of sp³-hybridized carbons (Fsp3) is 0.490. The normalized spacial score (nSPS) is 16.5. The number of hydrogen-bond acceptors (Lipinski definition) is 16. The Kier molecular flexibility index (Phi) is 28.2. The molecule has 3 aromatic rings. The van der Waals surface area contributed by atoms with Crippen molar-refractivity contribution in [3.63, 3.8) is 0 Å². The third kappa shape index (κ3) is 21.1. The zero-order valence-corrected chi connectivity index (χ0v) is 47.3. The number of amides is 8. The van der Waals surface area contributed by atoms with E-state index in [0.29, 0.717) is 56.4 Å². The van der Waals surface area contributed by atoms with E-state index in [0.717, 1.165) is 37.2 Å². The predicted octanol–water partition coefficient (Wildman–Crippen LogP) is 1.30. The van der Waals surface area contributed by atoms with Gasteiger partial charge in [0.05, 0.1) is 26.6 Å². The molecule has 2 aliphatic rings. The Morgan fingerprint density at radius 3 is 1.68 bits per heavy atom. The van der Waals surface area contributed by atoms with Gasteiger partial charge in [-0.1, -0.05) is 60.0 Å². The number of rotatable bonds is 21. The molecule has 2 fully saturated rings. The highest BCUT2D eigenvalue weighted by Gasteiger charge is 2.44. The van der Waals surface area contributed by atoms with Crippen molar-refractivity contribution in [3.05, 3.63) is 89.5 Å². The van der Waals surface area contributed by atoms with Crippen molar-refractivity contribution < 1.29 is 69.1 Å². The summed E-state index contributed by atoms with van der Waals surface area (Å²) >= 11 is 0. The number of carbonyl (C=O) groups excluding carboxylic acids is 6. The molecular formula is C49H75N11O15S3. The van der Waals surface area contributed by atoms with Gasteiger partial charge in [0.1, 0.15) is 6.04 Å². The summed E-state index contributed by atoms with van der Waals surface area (Å²) in [4.78, 5) is 83.2. The van der Waals surface area contributed by atoms with Crippen LogP contribution in [0.25, 0.3) is 0 Å². The van der Waals surface area contributed by atoms with E-state index < -0.39 is 72.3 Å². The Morgan fingerprint density at radius 2 is 1.26 bits per heavy atom. The van der Waals surface area contributed by atoms with Gasteiger partial charge in [0.25, 0.3) is 11.8 Å². The number of imide groups is 2. The quantitative estimate of drug-likeness (QED) is 0.0239. The maximum atomic E-state index is 13.1. The van der Waals surface area contributed by atoms with Crippen LogP contribution < -0.4 is 37.0 Å². The standard InChI is InChI=1S/C16H22N4O6S.C14H19N3O4S.C13H21N3O3S.C6H13NO2/c1-12-5-7-13(8-6-12)27(25,26)20-10-4-3-9-19(15(20)14(22)17-24)16(23)18(2)11-21;1-10-5-7-11(8-6-10)22(20,21)15-9-3-4-12-13(18)17(2)14(19)16-12;1-10-5-7-11(8-6-10)20(18,19)16-9-3-4-12(14)13(17)15-2;1-5(6(8)9)3-2-4-7/h5-8,11,15,24H,3-4,9-10H2,1-2H3,(H,17,22);5-8,12,15H,3-4,9H2,1-2H3,(H,16,19);5-8,12,16H,3-4,9,14H2,1-2H3,(H,15,17);5H,2-4,7H2,1H3,(H,8,9)/t;2*12-;5-/m.000/s1. The summed E-state index contributed by atoms with van der Waals surface area (Å²) in [7, 11) is -7.05. The second-order valence-corrected chi connectivity index (χ2v) is 23.6. The minimum Gasteiger partial charge on any atom is -0.481 e. The third-order valence-corrected chi connectivity index (χ3v) is 16.8. The fourth-order valence-corrected chi connectivity index (χ4v) is 10.9. The highest BCUT2D eigenvalue weighted by Crippen LogP contribution is 2.25. The van der Waals surface area contributed by atoms with Gasteiger partial charge in [-0.3, -0.25) is 43.9 Å². The van der Waals surface area contributed by atoms with E-state index >= 15 is 0 Å². The second-order valence-electron chi connectivity index (χ2n) is 18.2. The van der Waals surface area contributed by atoms with Crippen LogP contribution in [0, 0.1) is 26.7 Å². The summed E-state index contributed by atoms with van der Waals surface area (Å²) in [6.45, 7) is 8.34. The lowest BCUT2D eigenvalue weighted by atomic mass is 10.1. The number of carboxylic acid groups (broad SMARTS) is 1. The largest absolute Gasteiger partial charge is 0.481 e. The molecule has 26 nitrogen and oxygen atoms in total. The number of carbonyl (C=O) groups is 7. The van der Waals surface area contributed by atoms with Crippen LogP contribution in [0.4, 0.5) is 9.59 Å². The molecule has 5 rings (SSSR count). The average Bonchev–Trinajstić information content (AvgIpc) is 3.53. The smallest absolute Gasteiger partial charge is 0.327 e. The zero-order valence-electron chi connectivity index (χ0n) is 44.9. The molecule has 11 N–H and O–H groups in total. The summed E-state index contributed by atoms with van der Waals surface area (Å²) in [5.74, 6) is -2.59. The summed E-state index contributed by atoms with van der Waals surface area (Å²) in [6, 6.07) is 16.8. The number of hydroxylamine groups is 1. The first-order valence-corrected chi connectivity index (χ1v) is 29.1. The summed E-state index contributed by atoms with van der Waals surface area (Å²) < 4.78 is 80.1. The van der Waals surface area contributed by atoms with Crippen LogP contribution in [0.5, 0.6) is 0 Å². The molecule has 4 atom stereocenters. The Labute approximate surface area is 456 Å². The highest BCUT2D eigenvalue weighted by molar-refractivity contribution is 7.90. The van der Waals surface area contributed by atoms with Crippen LogP contribution in [0.3, 0.4) is 0 Å². The minimum absolute atomic E-state index is 0.0249. The van der Waals surface area contributed by atoms with Crippen molar-refractivity contribution in [3.8, 4) is 0 Å². The van der Waals surface area contributed by atoms with E-state index in [9.17, 15) is 58.8 Å². The van der Waals surface area contributed by atoms with Crippen LogP contribution in [-0.4, -0.2) is 169 Å². The van der Waals surface area contributed by atoms with Gasteiger partial charge in [0, 0.05) is 47.3 Å². The number of nitrogens with zero attached hydrogens (tertiary/aromatic N) is 4. The molecule has 0 bridgehead atoms. The van der Waals surface area contributed by atoms with Crippen molar-refractivity contribution in [2.24, 2.45) is 17.4 Å². The van der Waals surface area contributed by atoms with Gasteiger partial charge in [-0.05, 0) is 115 Å². The topological polar surface area (TPSA) is 388 Å². The second kappa shape index (κ2) is 32.5. The molecule has 0 saturated carbocycles. The van der Waals surface area contributed by atoms with Crippen LogP contribution in [0.15, 0.2) is 87.5 Å². The predicted molar refractivity (Wildman–Crippen MR) is 287 cm³/mol. The molecule has 3 aromatic carbocycles. The van der Waals surface area contributed by atoms with E-state index in [1.807, 2.05) is 13.8 Å². The van der Waals surface area contributed by atoms with Gasteiger partial charge >= 0.3 is 18.0 Å². The maximum Gasteiger partial charge on any atom is 0.327 e. The first-order chi connectivity index (χ1) is 36.6. The average molecular weight is 1150 g/mol. The molecule has 0 aromatic heterocycles. The SMILES string of the molecule is CNC(=O)[C@@H](N)CCCNS(=O)(=O)c1ccc(C)cc1.C[C@@H](CCCN)C(=O)O.Cc1ccc(S(=O)(=O)N2CCCCN(C(=O)N(C)C=O)C2C(=O)NO)cc1.Cc1ccc(S(=O)(=O)NCCC[C@@H]2NC(=O)N(C)C2=O)cc1. The van der Waals surface area contributed by atoms with Crippen LogP contribution >= 0.6 is 0 Å². The number of carboxylic acids is 1. The van der Waals surface area contributed by atoms with Gasteiger partial charge in [-0.2, -0.15) is 4.31 Å². The molecule has 29 heteroatoms. The molecule has 2 aliphatic heterocycles. The monoisotopic (exact) mass is 1150 g/mol. The number of likely N-dealkylation sites (N-methyl/N-ethyl adjacent to an activating group) is 2. The number of nitrogens with two attached hydrogens (primary N) is 2. The highest BCUT2D eigenvalue weighted by atomic mass is 32.2. The van der Waals surface area contributed by atoms with Gasteiger partial charge in [-0.25, -0.2) is 49.8 Å². The Balaban J connectivity index is 0.000000374. The number of benzene rings is 3. The van der Waals surface area contributed by atoms with Crippen LogP contribution in [0.1, 0.15) is 75.0 Å². The van der Waals surface area contributed by atoms with Crippen molar-refractivity contribution in [1.82, 2.24) is 44.6 Å². The first-order valence-electron chi connectivity index (χ1n) is 24.7. The number of hydrogen-bond donors (Lipinski definition) is 9. The summed E-state index contributed by atoms with van der Waals surface area (Å²) in [6.07, 6.45) is 2.72. The van der Waals surface area contributed by atoms with Crippen LogP contribution in [0.2, 0.25) is 0 Å². The van der Waals surface area contributed by atoms with Gasteiger partial charge in [-0.15, -0.1) is 0 Å². The molecule has 78 heavy (non-hydrogen) atoms. The number of aryl methyl sites for hydroxylation is 3.